The van der Waals surface area contributed by atoms with Gasteiger partial charge in [0.1, 0.15) is 10.6 Å². The molecule has 0 N–H and O–H groups in total. The minimum absolute atomic E-state index is 0.0729. The standard InChI is InChI=1S/C24H22ClN3O2S/c1-15-18-13-22(31-24(18)28(26-15)20-9-5-4-8-19(20)25)23(29)27-12-11-16(14-27)17-7-3-6-10-21(17)30-2/h3-10,13,16H,11-12,14H2,1-2H3. The first-order valence-corrected chi connectivity index (χ1v) is 11.4. The van der Waals surface area contributed by atoms with E-state index >= 15 is 0 Å². The highest BCUT2D eigenvalue weighted by Gasteiger charge is 2.31. The van der Waals surface area contributed by atoms with Gasteiger partial charge in [-0.1, -0.05) is 41.9 Å². The third kappa shape index (κ3) is 3.50. The van der Waals surface area contributed by atoms with Crippen LogP contribution in [0, 0.1) is 6.92 Å². The maximum Gasteiger partial charge on any atom is 0.264 e. The SMILES string of the molecule is COc1ccccc1C1CCN(C(=O)c2cc3c(C)nn(-c4ccccc4Cl)c3s2)C1. The zero-order valence-electron chi connectivity index (χ0n) is 17.3. The summed E-state index contributed by atoms with van der Waals surface area (Å²) in [6.07, 6.45) is 0.934. The molecule has 158 valence electrons. The summed E-state index contributed by atoms with van der Waals surface area (Å²) in [4.78, 5) is 16.9. The van der Waals surface area contributed by atoms with E-state index in [4.69, 9.17) is 16.3 Å². The molecule has 0 spiro atoms. The number of halogens is 1. The van der Waals surface area contributed by atoms with Crippen LogP contribution in [-0.4, -0.2) is 40.8 Å². The van der Waals surface area contributed by atoms with Crippen LogP contribution in [-0.2, 0) is 0 Å². The lowest BCUT2D eigenvalue weighted by Crippen LogP contribution is -2.27. The first-order valence-electron chi connectivity index (χ1n) is 10.2. The summed E-state index contributed by atoms with van der Waals surface area (Å²) in [6, 6.07) is 17.7. The molecule has 0 bridgehead atoms. The number of para-hydroxylation sites is 2. The quantitative estimate of drug-likeness (QED) is 0.400. The summed E-state index contributed by atoms with van der Waals surface area (Å²) in [7, 11) is 1.69. The second-order valence-corrected chi connectivity index (χ2v) is 9.19. The number of benzene rings is 2. The number of fused-ring (bicyclic) bond motifs is 1. The molecule has 1 aliphatic heterocycles. The summed E-state index contributed by atoms with van der Waals surface area (Å²) < 4.78 is 7.37. The molecule has 1 unspecified atom stereocenters. The number of ether oxygens (including phenoxy) is 1. The van der Waals surface area contributed by atoms with E-state index in [0.717, 1.165) is 45.2 Å². The second kappa shape index (κ2) is 8.02. The van der Waals surface area contributed by atoms with E-state index in [-0.39, 0.29) is 11.8 Å². The summed E-state index contributed by atoms with van der Waals surface area (Å²) in [5.74, 6) is 1.25. The second-order valence-electron chi connectivity index (χ2n) is 7.76. The Kier molecular flexibility index (Phi) is 5.20. The van der Waals surface area contributed by atoms with Gasteiger partial charge in [-0.05, 0) is 43.2 Å². The topological polar surface area (TPSA) is 47.4 Å². The number of hydrogen-bond acceptors (Lipinski definition) is 4. The molecule has 1 saturated heterocycles. The number of rotatable bonds is 4. The Morgan fingerprint density at radius 2 is 1.97 bits per heavy atom. The van der Waals surface area contributed by atoms with E-state index in [1.165, 1.54) is 16.9 Å². The molecule has 0 saturated carbocycles. The summed E-state index contributed by atoms with van der Waals surface area (Å²) in [5, 5.41) is 6.28. The molecular weight excluding hydrogens is 430 g/mol. The van der Waals surface area contributed by atoms with Crippen LogP contribution >= 0.6 is 22.9 Å². The molecular formula is C24H22ClN3O2S. The minimum Gasteiger partial charge on any atom is -0.496 e. The minimum atomic E-state index is 0.0729. The summed E-state index contributed by atoms with van der Waals surface area (Å²) in [6.45, 7) is 3.40. The van der Waals surface area contributed by atoms with Crippen molar-refractivity contribution < 1.29 is 9.53 Å². The van der Waals surface area contributed by atoms with Crippen molar-refractivity contribution in [1.29, 1.82) is 0 Å². The van der Waals surface area contributed by atoms with Gasteiger partial charge < -0.3 is 9.64 Å². The van der Waals surface area contributed by atoms with E-state index < -0.39 is 0 Å². The van der Waals surface area contributed by atoms with Crippen molar-refractivity contribution in [1.82, 2.24) is 14.7 Å². The maximum absolute atomic E-state index is 13.3. The number of amides is 1. The van der Waals surface area contributed by atoms with E-state index in [9.17, 15) is 4.79 Å². The molecule has 4 aromatic rings. The number of hydrogen-bond donors (Lipinski definition) is 0. The molecule has 3 heterocycles. The summed E-state index contributed by atoms with van der Waals surface area (Å²) >= 11 is 7.87. The molecule has 31 heavy (non-hydrogen) atoms. The largest absolute Gasteiger partial charge is 0.496 e. The Hall–Kier alpha value is -2.83. The highest BCUT2D eigenvalue weighted by molar-refractivity contribution is 7.20. The van der Waals surface area contributed by atoms with Crippen molar-refractivity contribution in [2.24, 2.45) is 0 Å². The highest BCUT2D eigenvalue weighted by Crippen LogP contribution is 2.36. The number of likely N-dealkylation sites (tertiary alicyclic amines) is 1. The Morgan fingerprint density at radius 3 is 2.77 bits per heavy atom. The van der Waals surface area contributed by atoms with Gasteiger partial charge >= 0.3 is 0 Å². The Balaban J connectivity index is 1.43. The van der Waals surface area contributed by atoms with Crippen LogP contribution in [0.5, 0.6) is 5.75 Å². The lowest BCUT2D eigenvalue weighted by molar-refractivity contribution is 0.0795. The van der Waals surface area contributed by atoms with Gasteiger partial charge in [0.25, 0.3) is 5.91 Å². The number of thiophene rings is 1. The number of aromatic nitrogens is 2. The first kappa shape index (κ1) is 20.1. The predicted octanol–water partition coefficient (Wildman–Crippen LogP) is 5.69. The molecule has 5 nitrogen and oxygen atoms in total. The third-order valence-corrected chi connectivity index (χ3v) is 7.31. The van der Waals surface area contributed by atoms with Gasteiger partial charge in [-0.3, -0.25) is 4.79 Å². The van der Waals surface area contributed by atoms with Crippen molar-refractivity contribution in [2.75, 3.05) is 20.2 Å². The van der Waals surface area contributed by atoms with Gasteiger partial charge in [0.2, 0.25) is 0 Å². The molecule has 5 rings (SSSR count). The number of methoxy groups -OCH3 is 1. The summed E-state index contributed by atoms with van der Waals surface area (Å²) in [5.41, 5.74) is 2.88. The molecule has 0 aliphatic carbocycles. The first-order chi connectivity index (χ1) is 15.1. The lowest BCUT2D eigenvalue weighted by Gasteiger charge is -2.17. The van der Waals surface area contributed by atoms with Crippen LogP contribution < -0.4 is 4.74 Å². The molecule has 1 fully saturated rings. The number of carbonyl (C=O) groups is 1. The Labute approximate surface area is 189 Å². The molecule has 1 aliphatic rings. The van der Waals surface area contributed by atoms with Crippen LogP contribution in [0.3, 0.4) is 0 Å². The van der Waals surface area contributed by atoms with E-state index in [2.05, 4.69) is 11.2 Å². The predicted molar refractivity (Wildman–Crippen MR) is 125 cm³/mol. The van der Waals surface area contributed by atoms with Gasteiger partial charge in [0.15, 0.2) is 0 Å². The zero-order chi connectivity index (χ0) is 21.5. The van der Waals surface area contributed by atoms with Crippen molar-refractivity contribution >= 4 is 39.1 Å². The average molecular weight is 452 g/mol. The molecule has 1 amide bonds. The zero-order valence-corrected chi connectivity index (χ0v) is 18.9. The fourth-order valence-electron chi connectivity index (χ4n) is 4.30. The Morgan fingerprint density at radius 1 is 1.19 bits per heavy atom. The number of aryl methyl sites for hydroxylation is 1. The van der Waals surface area contributed by atoms with E-state index in [1.54, 1.807) is 7.11 Å². The van der Waals surface area contributed by atoms with Gasteiger partial charge in [-0.2, -0.15) is 5.10 Å². The molecule has 7 heteroatoms. The van der Waals surface area contributed by atoms with Crippen LogP contribution in [0.25, 0.3) is 15.9 Å². The number of nitrogens with zero attached hydrogens (tertiary/aromatic N) is 3. The van der Waals surface area contributed by atoms with Crippen LogP contribution in [0.4, 0.5) is 0 Å². The maximum atomic E-state index is 13.3. The highest BCUT2D eigenvalue weighted by atomic mass is 35.5. The Bertz CT molecular complexity index is 1280. The van der Waals surface area contributed by atoms with Gasteiger partial charge in [0, 0.05) is 24.4 Å². The van der Waals surface area contributed by atoms with Crippen LogP contribution in [0.1, 0.15) is 33.3 Å². The van der Waals surface area contributed by atoms with Gasteiger partial charge in [-0.25, -0.2) is 4.68 Å². The van der Waals surface area contributed by atoms with E-state index in [1.807, 2.05) is 65.0 Å². The van der Waals surface area contributed by atoms with Crippen molar-refractivity contribution in [3.63, 3.8) is 0 Å². The number of carbonyl (C=O) groups excluding carboxylic acids is 1. The smallest absolute Gasteiger partial charge is 0.264 e. The lowest BCUT2D eigenvalue weighted by atomic mass is 9.97. The normalized spacial score (nSPS) is 16.2. The fourth-order valence-corrected chi connectivity index (χ4v) is 5.66. The molecule has 2 aromatic heterocycles. The monoisotopic (exact) mass is 451 g/mol. The van der Waals surface area contributed by atoms with Crippen molar-refractivity contribution in [2.45, 2.75) is 19.3 Å². The van der Waals surface area contributed by atoms with Crippen molar-refractivity contribution in [3.8, 4) is 11.4 Å². The molecule has 0 radical (unpaired) electrons. The van der Waals surface area contributed by atoms with Crippen LogP contribution in [0.15, 0.2) is 54.6 Å². The molecule has 1 atom stereocenters. The fraction of sp³-hybridized carbons (Fsp3) is 0.250. The molecule has 2 aromatic carbocycles. The third-order valence-electron chi connectivity index (χ3n) is 5.89. The van der Waals surface area contributed by atoms with Gasteiger partial charge in [0.05, 0.1) is 28.4 Å². The van der Waals surface area contributed by atoms with Gasteiger partial charge in [-0.15, -0.1) is 11.3 Å². The van der Waals surface area contributed by atoms with Crippen molar-refractivity contribution in [3.05, 3.63) is 75.8 Å². The van der Waals surface area contributed by atoms with Crippen LogP contribution in [0.2, 0.25) is 5.02 Å². The van der Waals surface area contributed by atoms with E-state index in [0.29, 0.717) is 11.6 Å². The average Bonchev–Trinajstić information content (AvgIpc) is 3.51.